The Morgan fingerprint density at radius 1 is 1.31 bits per heavy atom. The van der Waals surface area contributed by atoms with Crippen molar-refractivity contribution in [2.24, 2.45) is 5.10 Å². The summed E-state index contributed by atoms with van der Waals surface area (Å²) < 4.78 is 13.3. The van der Waals surface area contributed by atoms with Gasteiger partial charge in [0, 0.05) is 23.1 Å². The van der Waals surface area contributed by atoms with Gasteiger partial charge in [0.15, 0.2) is 5.82 Å². The maximum atomic E-state index is 5.86. The molecule has 0 unspecified atom stereocenters. The van der Waals surface area contributed by atoms with Crippen molar-refractivity contribution in [2.45, 2.75) is 26.4 Å². The van der Waals surface area contributed by atoms with Crippen molar-refractivity contribution in [3.8, 4) is 22.9 Å². The molecular formula is C20H20N4O2. The van der Waals surface area contributed by atoms with E-state index in [1.165, 1.54) is 5.56 Å². The van der Waals surface area contributed by atoms with Crippen LogP contribution in [0.3, 0.4) is 0 Å². The molecule has 6 nitrogen and oxygen atoms in total. The van der Waals surface area contributed by atoms with Crippen LogP contribution in [0.5, 0.6) is 11.5 Å². The molecule has 0 saturated carbocycles. The van der Waals surface area contributed by atoms with Gasteiger partial charge in [0.05, 0.1) is 12.8 Å². The van der Waals surface area contributed by atoms with Gasteiger partial charge in [0.2, 0.25) is 0 Å². The summed E-state index contributed by atoms with van der Waals surface area (Å²) in [7, 11) is 0. The highest BCUT2D eigenvalue weighted by Crippen LogP contribution is 2.34. The molecule has 0 bridgehead atoms. The third kappa shape index (κ3) is 3.18. The fourth-order valence-corrected chi connectivity index (χ4v) is 3.05. The van der Waals surface area contributed by atoms with Gasteiger partial charge in [-0.2, -0.15) is 9.78 Å². The highest BCUT2D eigenvalue weighted by atomic mass is 16.5. The zero-order valence-corrected chi connectivity index (χ0v) is 14.8. The molecule has 2 aromatic carbocycles. The van der Waals surface area contributed by atoms with Crippen LogP contribution >= 0.6 is 0 Å². The van der Waals surface area contributed by atoms with Crippen LogP contribution in [-0.2, 0) is 6.42 Å². The molecule has 6 heteroatoms. The Bertz CT molecular complexity index is 934. The number of aromatic nitrogens is 3. The van der Waals surface area contributed by atoms with E-state index in [1.807, 2.05) is 49.4 Å². The summed E-state index contributed by atoms with van der Waals surface area (Å²) in [5, 5.41) is 12.7. The van der Waals surface area contributed by atoms with Crippen molar-refractivity contribution in [3.63, 3.8) is 0 Å². The molecule has 0 amide bonds. The molecule has 0 aliphatic carbocycles. The molecule has 3 aromatic rings. The van der Waals surface area contributed by atoms with E-state index >= 15 is 0 Å². The van der Waals surface area contributed by atoms with Crippen molar-refractivity contribution in [1.82, 2.24) is 14.9 Å². The number of nitrogens with zero attached hydrogens (tertiary/aromatic N) is 4. The summed E-state index contributed by atoms with van der Waals surface area (Å²) in [6.45, 7) is 4.63. The second-order valence-corrected chi connectivity index (χ2v) is 6.17. The minimum atomic E-state index is 0.189. The van der Waals surface area contributed by atoms with Crippen molar-refractivity contribution in [2.75, 3.05) is 6.61 Å². The topological polar surface area (TPSA) is 61.5 Å². The van der Waals surface area contributed by atoms with Gasteiger partial charge in [-0.15, -0.1) is 10.2 Å². The minimum Gasteiger partial charge on any atom is -0.493 e. The molecule has 0 fully saturated rings. The van der Waals surface area contributed by atoms with Crippen LogP contribution in [0.2, 0.25) is 0 Å². The quantitative estimate of drug-likeness (QED) is 0.662. The van der Waals surface area contributed by atoms with Crippen LogP contribution in [0.15, 0.2) is 53.9 Å². The summed E-state index contributed by atoms with van der Waals surface area (Å²) >= 11 is 0. The molecule has 1 aliphatic rings. The number of hydrogen-bond donors (Lipinski definition) is 0. The minimum absolute atomic E-state index is 0.189. The molecule has 132 valence electrons. The summed E-state index contributed by atoms with van der Waals surface area (Å²) in [5.74, 6) is 2.39. The molecule has 1 atom stereocenters. The highest BCUT2D eigenvalue weighted by molar-refractivity contribution is 5.85. The molecule has 1 aliphatic heterocycles. The maximum absolute atomic E-state index is 5.86. The molecule has 0 radical (unpaired) electrons. The van der Waals surface area contributed by atoms with Gasteiger partial charge in [-0.1, -0.05) is 30.3 Å². The Labute approximate surface area is 152 Å². The predicted octanol–water partition coefficient (Wildman–Crippen LogP) is 3.55. The number of ether oxygens (including phenoxy) is 2. The SMILES string of the molecule is CCOc1cc2c(cc1/C=N\n1cnnc1-c1ccccc1)O[C@@H](C)C2. The number of hydrogen-bond acceptors (Lipinski definition) is 5. The first kappa shape index (κ1) is 16.3. The Hall–Kier alpha value is -3.15. The van der Waals surface area contributed by atoms with Crippen LogP contribution in [0.1, 0.15) is 25.0 Å². The van der Waals surface area contributed by atoms with E-state index in [-0.39, 0.29) is 6.10 Å². The molecule has 2 heterocycles. The van der Waals surface area contributed by atoms with Crippen molar-refractivity contribution in [1.29, 1.82) is 0 Å². The Morgan fingerprint density at radius 2 is 2.15 bits per heavy atom. The van der Waals surface area contributed by atoms with Gasteiger partial charge in [0.25, 0.3) is 0 Å². The number of benzene rings is 2. The van der Waals surface area contributed by atoms with Gasteiger partial charge in [0.1, 0.15) is 23.9 Å². The Morgan fingerprint density at radius 3 is 2.96 bits per heavy atom. The van der Waals surface area contributed by atoms with Crippen LogP contribution in [0, 0.1) is 0 Å². The normalized spacial score (nSPS) is 15.8. The number of rotatable bonds is 5. The second-order valence-electron chi connectivity index (χ2n) is 6.17. The summed E-state index contributed by atoms with van der Waals surface area (Å²) in [6.07, 6.45) is 4.43. The van der Waals surface area contributed by atoms with Crippen molar-refractivity contribution >= 4 is 6.21 Å². The van der Waals surface area contributed by atoms with E-state index in [0.717, 1.165) is 29.0 Å². The standard InChI is InChI=1S/C20H20N4O2/c1-3-25-18-10-16-9-14(2)26-19(16)11-17(18)12-22-24-13-21-23-20(24)15-7-5-4-6-8-15/h4-8,10-14H,3,9H2,1-2H3/b22-12-/t14-/m0/s1. The van der Waals surface area contributed by atoms with Crippen LogP contribution in [0.4, 0.5) is 0 Å². The second kappa shape index (κ2) is 7.00. The molecule has 0 saturated heterocycles. The highest BCUT2D eigenvalue weighted by Gasteiger charge is 2.21. The third-order valence-corrected chi connectivity index (χ3v) is 4.21. The number of fused-ring (bicyclic) bond motifs is 1. The van der Waals surface area contributed by atoms with Gasteiger partial charge < -0.3 is 9.47 Å². The molecule has 4 rings (SSSR count). The molecule has 0 spiro atoms. The van der Waals surface area contributed by atoms with E-state index < -0.39 is 0 Å². The third-order valence-electron chi connectivity index (χ3n) is 4.21. The van der Waals surface area contributed by atoms with Crippen LogP contribution < -0.4 is 9.47 Å². The lowest BCUT2D eigenvalue weighted by Crippen LogP contribution is -2.05. The van der Waals surface area contributed by atoms with Gasteiger partial charge in [-0.05, 0) is 26.0 Å². The van der Waals surface area contributed by atoms with Crippen LogP contribution in [0.25, 0.3) is 11.4 Å². The zero-order valence-electron chi connectivity index (χ0n) is 14.8. The summed E-state index contributed by atoms with van der Waals surface area (Å²) in [4.78, 5) is 0. The van der Waals surface area contributed by atoms with Gasteiger partial charge >= 0.3 is 0 Å². The smallest absolute Gasteiger partial charge is 0.184 e. The molecule has 1 aromatic heterocycles. The first-order chi connectivity index (χ1) is 12.7. The fraction of sp³-hybridized carbons (Fsp3) is 0.250. The van der Waals surface area contributed by atoms with E-state index in [0.29, 0.717) is 12.4 Å². The largest absolute Gasteiger partial charge is 0.493 e. The average molecular weight is 348 g/mol. The first-order valence-corrected chi connectivity index (χ1v) is 8.70. The molecule has 26 heavy (non-hydrogen) atoms. The predicted molar refractivity (Wildman–Crippen MR) is 99.9 cm³/mol. The van der Waals surface area contributed by atoms with Gasteiger partial charge in [-0.25, -0.2) is 0 Å². The summed E-state index contributed by atoms with van der Waals surface area (Å²) in [5.41, 5.74) is 3.00. The van der Waals surface area contributed by atoms with Crippen LogP contribution in [-0.4, -0.2) is 33.8 Å². The maximum Gasteiger partial charge on any atom is 0.184 e. The fourth-order valence-electron chi connectivity index (χ4n) is 3.05. The van der Waals surface area contributed by atoms with E-state index in [4.69, 9.17) is 9.47 Å². The molecular weight excluding hydrogens is 328 g/mol. The lowest BCUT2D eigenvalue weighted by Gasteiger charge is -2.09. The van der Waals surface area contributed by atoms with E-state index in [9.17, 15) is 0 Å². The van der Waals surface area contributed by atoms with E-state index in [2.05, 4.69) is 22.2 Å². The van der Waals surface area contributed by atoms with Gasteiger partial charge in [-0.3, -0.25) is 0 Å². The average Bonchev–Trinajstić information content (AvgIpc) is 3.26. The van der Waals surface area contributed by atoms with E-state index in [1.54, 1.807) is 17.2 Å². The lowest BCUT2D eigenvalue weighted by atomic mass is 10.1. The Balaban J connectivity index is 1.68. The lowest BCUT2D eigenvalue weighted by molar-refractivity contribution is 0.254. The molecule has 0 N–H and O–H groups in total. The first-order valence-electron chi connectivity index (χ1n) is 8.70. The zero-order chi connectivity index (χ0) is 17.9. The van der Waals surface area contributed by atoms with Crippen molar-refractivity contribution < 1.29 is 9.47 Å². The monoisotopic (exact) mass is 348 g/mol. The summed E-state index contributed by atoms with van der Waals surface area (Å²) in [6, 6.07) is 13.9. The Kier molecular flexibility index (Phi) is 4.39. The van der Waals surface area contributed by atoms with Crippen molar-refractivity contribution in [3.05, 3.63) is 59.9 Å².